The van der Waals surface area contributed by atoms with Crippen molar-refractivity contribution in [1.82, 2.24) is 4.90 Å². The summed E-state index contributed by atoms with van der Waals surface area (Å²) in [7, 11) is 0. The monoisotopic (exact) mass is 280 g/mol. The van der Waals surface area contributed by atoms with Gasteiger partial charge in [0.2, 0.25) is 5.82 Å². The molecule has 0 spiro atoms. The number of carbonyl (C=O) groups excluding carboxylic acids is 1. The van der Waals surface area contributed by atoms with Crippen molar-refractivity contribution >= 4 is 11.5 Å². The van der Waals surface area contributed by atoms with Crippen molar-refractivity contribution in [1.29, 1.82) is 0 Å². The van der Waals surface area contributed by atoms with Gasteiger partial charge in [-0.05, 0) is 26.3 Å². The zero-order valence-electron chi connectivity index (χ0n) is 11.3. The van der Waals surface area contributed by atoms with E-state index in [0.29, 0.717) is 18.5 Å². The summed E-state index contributed by atoms with van der Waals surface area (Å²) in [6, 6.07) is 4.33. The summed E-state index contributed by atoms with van der Waals surface area (Å²) in [4.78, 5) is 23.3. The minimum atomic E-state index is -0.772. The molecule has 1 aliphatic heterocycles. The molecule has 2 rings (SSSR count). The molecule has 1 fully saturated rings. The molecule has 0 bridgehead atoms. The highest BCUT2D eigenvalue weighted by molar-refractivity contribution is 5.76. The average molecular weight is 280 g/mol. The SMILES string of the molecule is CC(=O)CC1CCCN1Cc1cccc([N+](=O)[O-])c1F. The van der Waals surface area contributed by atoms with Crippen molar-refractivity contribution in [3.63, 3.8) is 0 Å². The molecule has 1 atom stereocenters. The molecule has 0 radical (unpaired) electrons. The van der Waals surface area contributed by atoms with Gasteiger partial charge in [-0.25, -0.2) is 0 Å². The van der Waals surface area contributed by atoms with E-state index in [1.165, 1.54) is 6.07 Å². The summed E-state index contributed by atoms with van der Waals surface area (Å²) in [6.45, 7) is 2.65. The zero-order chi connectivity index (χ0) is 14.7. The maximum Gasteiger partial charge on any atom is 0.305 e. The largest absolute Gasteiger partial charge is 0.305 e. The first-order valence-electron chi connectivity index (χ1n) is 6.64. The van der Waals surface area contributed by atoms with Gasteiger partial charge in [-0.1, -0.05) is 12.1 Å². The van der Waals surface area contributed by atoms with E-state index in [1.54, 1.807) is 13.0 Å². The van der Waals surface area contributed by atoms with E-state index < -0.39 is 16.4 Å². The number of benzene rings is 1. The molecule has 6 heteroatoms. The van der Waals surface area contributed by atoms with Crippen LogP contribution >= 0.6 is 0 Å². The van der Waals surface area contributed by atoms with Crippen LogP contribution in [0.1, 0.15) is 31.7 Å². The van der Waals surface area contributed by atoms with Gasteiger partial charge in [0.25, 0.3) is 0 Å². The molecule has 0 saturated carbocycles. The van der Waals surface area contributed by atoms with Gasteiger partial charge in [0.05, 0.1) is 4.92 Å². The maximum absolute atomic E-state index is 14.0. The molecule has 0 N–H and O–H groups in total. The highest BCUT2D eigenvalue weighted by atomic mass is 19.1. The molecule has 20 heavy (non-hydrogen) atoms. The Balaban J connectivity index is 2.15. The van der Waals surface area contributed by atoms with E-state index >= 15 is 0 Å². The molecular formula is C14H17FN2O3. The second kappa shape index (κ2) is 6.09. The number of hydrogen-bond donors (Lipinski definition) is 0. The summed E-state index contributed by atoms with van der Waals surface area (Å²) in [6.07, 6.45) is 2.33. The Kier molecular flexibility index (Phi) is 4.44. The average Bonchev–Trinajstić information content (AvgIpc) is 2.78. The third kappa shape index (κ3) is 3.19. The van der Waals surface area contributed by atoms with Crippen LogP contribution in [-0.2, 0) is 11.3 Å². The predicted molar refractivity (Wildman–Crippen MR) is 71.8 cm³/mol. The first-order valence-corrected chi connectivity index (χ1v) is 6.64. The lowest BCUT2D eigenvalue weighted by atomic mass is 10.1. The number of nitro groups is 1. The van der Waals surface area contributed by atoms with E-state index in [1.807, 2.05) is 4.90 Å². The van der Waals surface area contributed by atoms with Crippen molar-refractivity contribution < 1.29 is 14.1 Å². The number of halogens is 1. The minimum absolute atomic E-state index is 0.112. The highest BCUT2D eigenvalue weighted by Gasteiger charge is 2.27. The zero-order valence-corrected chi connectivity index (χ0v) is 11.3. The molecule has 1 aromatic carbocycles. The normalized spacial score (nSPS) is 19.2. The predicted octanol–water partition coefficient (Wildman–Crippen LogP) is 2.68. The number of ketones is 1. The van der Waals surface area contributed by atoms with Crippen LogP contribution in [0.3, 0.4) is 0 Å². The number of likely N-dealkylation sites (tertiary alicyclic amines) is 1. The van der Waals surface area contributed by atoms with Gasteiger partial charge in [-0.2, -0.15) is 4.39 Å². The number of carbonyl (C=O) groups is 1. The molecule has 1 heterocycles. The number of Topliss-reactive ketones (excluding diaryl/α,β-unsaturated/α-hetero) is 1. The van der Waals surface area contributed by atoms with Gasteiger partial charge in [0.1, 0.15) is 5.78 Å². The van der Waals surface area contributed by atoms with Crippen molar-refractivity contribution in [2.45, 2.75) is 38.8 Å². The molecule has 1 saturated heterocycles. The van der Waals surface area contributed by atoms with Gasteiger partial charge in [-0.15, -0.1) is 0 Å². The molecule has 1 unspecified atom stereocenters. The van der Waals surface area contributed by atoms with Crippen LogP contribution < -0.4 is 0 Å². The van der Waals surface area contributed by atoms with Crippen LogP contribution in [0, 0.1) is 15.9 Å². The lowest BCUT2D eigenvalue weighted by Gasteiger charge is -2.23. The molecule has 0 amide bonds. The van der Waals surface area contributed by atoms with Crippen LogP contribution in [0.5, 0.6) is 0 Å². The van der Waals surface area contributed by atoms with Crippen LogP contribution in [0.2, 0.25) is 0 Å². The van der Waals surface area contributed by atoms with E-state index in [0.717, 1.165) is 25.5 Å². The second-order valence-electron chi connectivity index (χ2n) is 5.18. The number of nitro benzene ring substituents is 1. The van der Waals surface area contributed by atoms with Crippen molar-refractivity contribution in [3.05, 3.63) is 39.7 Å². The van der Waals surface area contributed by atoms with Crippen molar-refractivity contribution in [2.24, 2.45) is 0 Å². The summed E-state index contributed by atoms with van der Waals surface area (Å²) in [5, 5.41) is 10.7. The Hall–Kier alpha value is -1.82. The third-order valence-electron chi connectivity index (χ3n) is 3.65. The van der Waals surface area contributed by atoms with Gasteiger partial charge in [-0.3, -0.25) is 19.8 Å². The number of rotatable bonds is 5. The van der Waals surface area contributed by atoms with Crippen LogP contribution in [0.25, 0.3) is 0 Å². The van der Waals surface area contributed by atoms with E-state index in [4.69, 9.17) is 0 Å². The maximum atomic E-state index is 14.0. The van der Waals surface area contributed by atoms with Gasteiger partial charge < -0.3 is 0 Å². The summed E-state index contributed by atoms with van der Waals surface area (Å²) in [5.41, 5.74) is -0.181. The highest BCUT2D eigenvalue weighted by Crippen LogP contribution is 2.26. The van der Waals surface area contributed by atoms with Gasteiger partial charge >= 0.3 is 5.69 Å². The van der Waals surface area contributed by atoms with Gasteiger partial charge in [0, 0.05) is 30.6 Å². The fraction of sp³-hybridized carbons (Fsp3) is 0.500. The first kappa shape index (κ1) is 14.6. The molecule has 108 valence electrons. The molecule has 0 aliphatic carbocycles. The number of nitrogens with zero attached hydrogens (tertiary/aromatic N) is 2. The van der Waals surface area contributed by atoms with Crippen LogP contribution in [-0.4, -0.2) is 28.2 Å². The summed E-state index contributed by atoms with van der Waals surface area (Å²) in [5.74, 6) is -0.660. The molecular weight excluding hydrogens is 263 g/mol. The van der Waals surface area contributed by atoms with Crippen LogP contribution in [0.15, 0.2) is 18.2 Å². The molecule has 5 nitrogen and oxygen atoms in total. The Morgan fingerprint density at radius 1 is 1.55 bits per heavy atom. The smallest absolute Gasteiger partial charge is 0.300 e. The van der Waals surface area contributed by atoms with Gasteiger partial charge in [0.15, 0.2) is 0 Å². The first-order chi connectivity index (χ1) is 9.49. The molecule has 1 aliphatic rings. The standard InChI is InChI=1S/C14H17FN2O3/c1-10(18)8-12-5-3-7-16(12)9-11-4-2-6-13(14(11)15)17(19)20/h2,4,6,12H,3,5,7-9H2,1H3. The quantitative estimate of drug-likeness (QED) is 0.614. The van der Waals surface area contributed by atoms with Crippen molar-refractivity contribution in [3.8, 4) is 0 Å². The van der Waals surface area contributed by atoms with E-state index in [9.17, 15) is 19.3 Å². The Bertz CT molecular complexity index is 533. The van der Waals surface area contributed by atoms with E-state index in [2.05, 4.69) is 0 Å². The summed E-state index contributed by atoms with van der Waals surface area (Å²) >= 11 is 0. The van der Waals surface area contributed by atoms with Crippen LogP contribution in [0.4, 0.5) is 10.1 Å². The second-order valence-corrected chi connectivity index (χ2v) is 5.18. The minimum Gasteiger partial charge on any atom is -0.300 e. The van der Waals surface area contributed by atoms with Crippen molar-refractivity contribution in [2.75, 3.05) is 6.54 Å². The Morgan fingerprint density at radius 2 is 2.30 bits per heavy atom. The molecule has 0 aromatic heterocycles. The fourth-order valence-electron chi connectivity index (χ4n) is 2.71. The Labute approximate surface area is 116 Å². The lowest BCUT2D eigenvalue weighted by molar-refractivity contribution is -0.387. The fourth-order valence-corrected chi connectivity index (χ4v) is 2.71. The Morgan fingerprint density at radius 3 is 2.95 bits per heavy atom. The third-order valence-corrected chi connectivity index (χ3v) is 3.65. The topological polar surface area (TPSA) is 63.5 Å². The summed E-state index contributed by atoms with van der Waals surface area (Å²) < 4.78 is 14.0. The van der Waals surface area contributed by atoms with E-state index in [-0.39, 0.29) is 11.8 Å². The lowest BCUT2D eigenvalue weighted by Crippen LogP contribution is -2.30. The number of hydrogen-bond acceptors (Lipinski definition) is 4. The molecule has 1 aromatic rings.